The number of carbonyl (C=O) groups is 1. The van der Waals surface area contributed by atoms with E-state index in [1.807, 2.05) is 0 Å². The van der Waals surface area contributed by atoms with Crippen LogP contribution in [0.1, 0.15) is 10.4 Å². The molecular weight excluding hydrogens is 294 g/mol. The van der Waals surface area contributed by atoms with Gasteiger partial charge in [0.15, 0.2) is 0 Å². The number of hydrogen-bond donors (Lipinski definition) is 0. The van der Waals surface area contributed by atoms with Crippen molar-refractivity contribution in [1.29, 1.82) is 0 Å². The van der Waals surface area contributed by atoms with E-state index in [1.54, 1.807) is 19.2 Å². The Kier molecular flexibility index (Phi) is 3.20. The fraction of sp³-hybridized carbons (Fsp3) is 0.333. The first-order valence-electron chi connectivity index (χ1n) is 6.27. The lowest BCUT2D eigenvalue weighted by atomic mass is 10.1. The highest BCUT2D eigenvalue weighted by molar-refractivity contribution is 7.92. The molecule has 21 heavy (non-hydrogen) atoms. The third kappa shape index (κ3) is 2.29. The number of pyridine rings is 1. The molecule has 2 aromatic rings. The zero-order valence-corrected chi connectivity index (χ0v) is 12.1. The summed E-state index contributed by atoms with van der Waals surface area (Å²) >= 11 is 0. The van der Waals surface area contributed by atoms with Gasteiger partial charge in [0.25, 0.3) is 5.91 Å². The van der Waals surface area contributed by atoms with Crippen LogP contribution in [0.2, 0.25) is 0 Å². The third-order valence-electron chi connectivity index (χ3n) is 3.43. The highest BCUT2D eigenvalue weighted by Gasteiger charge is 2.42. The molecule has 1 aliphatic heterocycles. The van der Waals surface area contributed by atoms with Gasteiger partial charge < -0.3 is 9.47 Å². The van der Waals surface area contributed by atoms with Crippen LogP contribution in [-0.4, -0.2) is 57.3 Å². The number of hydrogen-bond acceptors (Lipinski definition) is 6. The van der Waals surface area contributed by atoms with E-state index in [4.69, 9.17) is 0 Å². The van der Waals surface area contributed by atoms with Crippen LogP contribution in [0.15, 0.2) is 36.0 Å². The van der Waals surface area contributed by atoms with E-state index < -0.39 is 15.1 Å². The molecule has 0 unspecified atom stereocenters. The van der Waals surface area contributed by atoms with Gasteiger partial charge in [-0.1, -0.05) is 0 Å². The Balaban J connectivity index is 1.72. The summed E-state index contributed by atoms with van der Waals surface area (Å²) in [5, 5.41) is 6.51. The van der Waals surface area contributed by atoms with Gasteiger partial charge >= 0.3 is 0 Å². The van der Waals surface area contributed by atoms with Gasteiger partial charge in [-0.3, -0.25) is 9.78 Å². The number of carbonyl (C=O) groups excluding carboxylic acids is 1. The topological polar surface area (TPSA) is 98.0 Å². The first-order chi connectivity index (χ1) is 10.00. The lowest BCUT2D eigenvalue weighted by Gasteiger charge is -2.38. The molecular formula is C12H13N5O3S. The zero-order chi connectivity index (χ0) is 15.0. The van der Waals surface area contributed by atoms with Crippen molar-refractivity contribution in [2.75, 3.05) is 13.1 Å². The van der Waals surface area contributed by atoms with Gasteiger partial charge in [0.1, 0.15) is 11.6 Å². The number of amides is 1. The van der Waals surface area contributed by atoms with Crippen molar-refractivity contribution in [1.82, 2.24) is 24.6 Å². The minimum atomic E-state index is -3.56. The minimum Gasteiger partial charge on any atom is -0.336 e. The van der Waals surface area contributed by atoms with Crippen LogP contribution in [0.25, 0.3) is 0 Å². The van der Waals surface area contributed by atoms with Gasteiger partial charge in [-0.25, -0.2) is 8.42 Å². The van der Waals surface area contributed by atoms with Crippen molar-refractivity contribution in [2.24, 2.45) is 7.05 Å². The maximum atomic E-state index is 12.3. The molecule has 110 valence electrons. The average molecular weight is 307 g/mol. The summed E-state index contributed by atoms with van der Waals surface area (Å²) in [4.78, 5) is 17.5. The molecule has 1 saturated heterocycles. The fourth-order valence-electron chi connectivity index (χ4n) is 2.16. The Morgan fingerprint density at radius 3 is 2.52 bits per heavy atom. The smallest absolute Gasteiger partial charge is 0.254 e. The van der Waals surface area contributed by atoms with Crippen LogP contribution in [0.5, 0.6) is 0 Å². The number of sulfone groups is 1. The Morgan fingerprint density at radius 1 is 1.29 bits per heavy atom. The molecule has 1 fully saturated rings. The molecule has 8 nitrogen and oxygen atoms in total. The molecule has 0 atom stereocenters. The fourth-order valence-corrected chi connectivity index (χ4v) is 3.82. The normalized spacial score (nSPS) is 15.8. The summed E-state index contributed by atoms with van der Waals surface area (Å²) in [6, 6.07) is 3.21. The molecule has 0 bridgehead atoms. The molecule has 0 N–H and O–H groups in total. The van der Waals surface area contributed by atoms with Crippen molar-refractivity contribution in [3.63, 3.8) is 0 Å². The number of aryl methyl sites for hydroxylation is 1. The monoisotopic (exact) mass is 307 g/mol. The average Bonchev–Trinajstić information content (AvgIpc) is 2.84. The zero-order valence-electron chi connectivity index (χ0n) is 11.2. The maximum absolute atomic E-state index is 12.3. The second-order valence-electron chi connectivity index (χ2n) is 4.84. The van der Waals surface area contributed by atoms with Gasteiger partial charge in [0, 0.05) is 38.1 Å². The predicted molar refractivity (Wildman–Crippen MR) is 72.1 cm³/mol. The quantitative estimate of drug-likeness (QED) is 0.759. The molecule has 0 aromatic carbocycles. The molecule has 0 aliphatic carbocycles. The third-order valence-corrected chi connectivity index (χ3v) is 5.48. The molecule has 9 heteroatoms. The summed E-state index contributed by atoms with van der Waals surface area (Å²) in [7, 11) is -1.98. The maximum Gasteiger partial charge on any atom is 0.254 e. The Hall–Kier alpha value is -2.29. The molecule has 3 rings (SSSR count). The highest BCUT2D eigenvalue weighted by atomic mass is 32.2. The lowest BCUT2D eigenvalue weighted by Crippen LogP contribution is -2.57. The van der Waals surface area contributed by atoms with Crippen LogP contribution in [-0.2, 0) is 16.9 Å². The molecule has 2 aromatic heterocycles. The predicted octanol–water partition coefficient (Wildman–Crippen LogP) is -0.492. The van der Waals surface area contributed by atoms with Gasteiger partial charge in [-0.2, -0.15) is 0 Å². The summed E-state index contributed by atoms with van der Waals surface area (Å²) in [6.45, 7) is 0.326. The largest absolute Gasteiger partial charge is 0.336 e. The van der Waals surface area contributed by atoms with Crippen molar-refractivity contribution in [2.45, 2.75) is 10.4 Å². The van der Waals surface area contributed by atoms with Crippen molar-refractivity contribution < 1.29 is 13.2 Å². The number of likely N-dealkylation sites (tertiary alicyclic amines) is 1. The SMILES string of the molecule is Cn1cnnc1S(=O)(=O)C1CN(C(=O)c2ccncc2)C1. The number of nitrogens with zero attached hydrogens (tertiary/aromatic N) is 5. The molecule has 0 spiro atoms. The molecule has 0 saturated carbocycles. The van der Waals surface area contributed by atoms with Crippen LogP contribution in [0, 0.1) is 0 Å². The van der Waals surface area contributed by atoms with E-state index in [1.165, 1.54) is 28.2 Å². The van der Waals surface area contributed by atoms with Crippen molar-refractivity contribution >= 4 is 15.7 Å². The first-order valence-corrected chi connectivity index (χ1v) is 7.82. The van der Waals surface area contributed by atoms with E-state index in [0.717, 1.165) is 0 Å². The Morgan fingerprint density at radius 2 is 1.95 bits per heavy atom. The van der Waals surface area contributed by atoms with Gasteiger partial charge in [-0.05, 0) is 12.1 Å². The lowest BCUT2D eigenvalue weighted by molar-refractivity contribution is 0.0658. The van der Waals surface area contributed by atoms with Gasteiger partial charge in [-0.15, -0.1) is 10.2 Å². The Labute approximate surface area is 121 Å². The Bertz CT molecular complexity index is 765. The second-order valence-corrected chi connectivity index (χ2v) is 6.96. The van der Waals surface area contributed by atoms with Crippen LogP contribution in [0.3, 0.4) is 0 Å². The first kappa shape index (κ1) is 13.7. The summed E-state index contributed by atoms with van der Waals surface area (Å²) < 4.78 is 26.0. The summed E-state index contributed by atoms with van der Waals surface area (Å²) in [6.07, 6.45) is 4.40. The van der Waals surface area contributed by atoms with E-state index in [2.05, 4.69) is 15.2 Å². The van der Waals surface area contributed by atoms with Gasteiger partial charge in [0.2, 0.25) is 15.0 Å². The van der Waals surface area contributed by atoms with E-state index >= 15 is 0 Å². The van der Waals surface area contributed by atoms with E-state index in [0.29, 0.717) is 5.56 Å². The number of aromatic nitrogens is 4. The van der Waals surface area contributed by atoms with Crippen LogP contribution in [0.4, 0.5) is 0 Å². The minimum absolute atomic E-state index is 0.0662. The molecule has 1 amide bonds. The summed E-state index contributed by atoms with van der Waals surface area (Å²) in [5.41, 5.74) is 0.500. The van der Waals surface area contributed by atoms with Crippen molar-refractivity contribution in [3.05, 3.63) is 36.4 Å². The second kappa shape index (κ2) is 4.92. The van der Waals surface area contributed by atoms with E-state index in [9.17, 15) is 13.2 Å². The van der Waals surface area contributed by atoms with Crippen LogP contribution < -0.4 is 0 Å². The molecule has 1 aliphatic rings. The van der Waals surface area contributed by atoms with E-state index in [-0.39, 0.29) is 24.2 Å². The molecule has 3 heterocycles. The van der Waals surface area contributed by atoms with Crippen LogP contribution >= 0.6 is 0 Å². The molecule has 0 radical (unpaired) electrons. The highest BCUT2D eigenvalue weighted by Crippen LogP contribution is 2.23. The van der Waals surface area contributed by atoms with Gasteiger partial charge in [0.05, 0.1) is 0 Å². The number of rotatable bonds is 3. The summed E-state index contributed by atoms with van der Waals surface area (Å²) in [5.74, 6) is -0.193. The van der Waals surface area contributed by atoms with Crippen molar-refractivity contribution in [3.8, 4) is 0 Å². The standard InChI is InChI=1S/C12H13N5O3S/c1-16-8-14-15-12(16)21(19,20)10-6-17(7-10)11(18)9-2-4-13-5-3-9/h2-5,8,10H,6-7H2,1H3.